The fourth-order valence-corrected chi connectivity index (χ4v) is 4.77. The summed E-state index contributed by atoms with van der Waals surface area (Å²) in [6, 6.07) is 6.33. The molecule has 1 saturated heterocycles. The summed E-state index contributed by atoms with van der Waals surface area (Å²) in [4.78, 5) is 0.224. The van der Waals surface area contributed by atoms with E-state index in [0.29, 0.717) is 13.0 Å². The molecule has 3 rings (SSSR count). The SMILES string of the molecule is CC(C)n1cc(S(=O)(=O)N2CCCC2Cc2cccc(F)c2)cn1. The third-order valence-electron chi connectivity index (χ3n) is 4.40. The monoisotopic (exact) mass is 351 g/mol. The second-order valence-electron chi connectivity index (χ2n) is 6.50. The lowest BCUT2D eigenvalue weighted by Crippen LogP contribution is -2.36. The van der Waals surface area contributed by atoms with E-state index in [0.717, 1.165) is 18.4 Å². The first kappa shape index (κ1) is 17.1. The lowest BCUT2D eigenvalue weighted by molar-refractivity contribution is 0.385. The fourth-order valence-electron chi connectivity index (χ4n) is 3.14. The zero-order valence-electron chi connectivity index (χ0n) is 13.9. The van der Waals surface area contributed by atoms with Crippen molar-refractivity contribution in [2.45, 2.75) is 50.1 Å². The first-order valence-electron chi connectivity index (χ1n) is 8.18. The molecule has 7 heteroatoms. The third kappa shape index (κ3) is 3.37. The summed E-state index contributed by atoms with van der Waals surface area (Å²) in [6.45, 7) is 4.40. The first-order chi connectivity index (χ1) is 11.4. The van der Waals surface area contributed by atoms with Crippen LogP contribution in [0, 0.1) is 5.82 Å². The van der Waals surface area contributed by atoms with Crippen LogP contribution >= 0.6 is 0 Å². The van der Waals surface area contributed by atoms with Gasteiger partial charge in [0, 0.05) is 24.8 Å². The highest BCUT2D eigenvalue weighted by Crippen LogP contribution is 2.28. The molecule has 5 nitrogen and oxygen atoms in total. The summed E-state index contributed by atoms with van der Waals surface area (Å²) in [5.74, 6) is -0.293. The predicted octanol–water partition coefficient (Wildman–Crippen LogP) is 3.00. The van der Waals surface area contributed by atoms with Crippen molar-refractivity contribution in [3.63, 3.8) is 0 Å². The summed E-state index contributed by atoms with van der Waals surface area (Å²) >= 11 is 0. The van der Waals surface area contributed by atoms with Crippen LogP contribution in [0.2, 0.25) is 0 Å². The van der Waals surface area contributed by atoms with Gasteiger partial charge >= 0.3 is 0 Å². The van der Waals surface area contributed by atoms with Crippen molar-refractivity contribution >= 4 is 10.0 Å². The summed E-state index contributed by atoms with van der Waals surface area (Å²) in [7, 11) is -3.57. The van der Waals surface area contributed by atoms with E-state index in [-0.39, 0.29) is 22.8 Å². The minimum absolute atomic E-state index is 0.107. The van der Waals surface area contributed by atoms with E-state index >= 15 is 0 Å². The topological polar surface area (TPSA) is 55.2 Å². The maximum absolute atomic E-state index is 13.4. The molecule has 2 heterocycles. The van der Waals surface area contributed by atoms with Crippen LogP contribution in [-0.2, 0) is 16.4 Å². The molecule has 0 radical (unpaired) electrons. The Morgan fingerprint density at radius 2 is 2.17 bits per heavy atom. The summed E-state index contributed by atoms with van der Waals surface area (Å²) < 4.78 is 42.4. The average molecular weight is 351 g/mol. The van der Waals surface area contributed by atoms with E-state index in [2.05, 4.69) is 5.10 Å². The number of hydrogen-bond donors (Lipinski definition) is 0. The van der Waals surface area contributed by atoms with Crippen LogP contribution in [-0.4, -0.2) is 35.1 Å². The Kier molecular flexibility index (Phi) is 4.73. The largest absolute Gasteiger partial charge is 0.269 e. The normalized spacial score (nSPS) is 19.2. The Hall–Kier alpha value is -1.73. The Labute approximate surface area is 142 Å². The Morgan fingerprint density at radius 3 is 2.83 bits per heavy atom. The van der Waals surface area contributed by atoms with Crippen molar-refractivity contribution in [3.05, 3.63) is 48.0 Å². The molecule has 0 bridgehead atoms. The molecule has 1 fully saturated rings. The molecule has 2 aromatic rings. The Balaban J connectivity index is 1.83. The highest BCUT2D eigenvalue weighted by Gasteiger charge is 2.36. The smallest absolute Gasteiger partial charge is 0.246 e. The van der Waals surface area contributed by atoms with Crippen molar-refractivity contribution in [1.29, 1.82) is 0 Å². The molecule has 1 unspecified atom stereocenters. The molecule has 24 heavy (non-hydrogen) atoms. The van der Waals surface area contributed by atoms with Gasteiger partial charge in [-0.15, -0.1) is 0 Å². The highest BCUT2D eigenvalue weighted by atomic mass is 32.2. The molecule has 1 aromatic heterocycles. The van der Waals surface area contributed by atoms with Crippen LogP contribution in [0.5, 0.6) is 0 Å². The standard InChI is InChI=1S/C17H22FN3O2S/c1-13(2)20-12-17(11-19-20)24(22,23)21-8-4-7-16(21)10-14-5-3-6-15(18)9-14/h3,5-6,9,11-13,16H,4,7-8,10H2,1-2H3. The Morgan fingerprint density at radius 1 is 1.38 bits per heavy atom. The van der Waals surface area contributed by atoms with Crippen molar-refractivity contribution in [3.8, 4) is 0 Å². The summed E-state index contributed by atoms with van der Waals surface area (Å²) in [6.07, 6.45) is 5.12. The molecule has 130 valence electrons. The Bertz CT molecular complexity index is 817. The summed E-state index contributed by atoms with van der Waals surface area (Å²) in [5, 5.41) is 4.14. The first-order valence-corrected chi connectivity index (χ1v) is 9.62. The molecule has 0 saturated carbocycles. The van der Waals surface area contributed by atoms with Crippen molar-refractivity contribution < 1.29 is 12.8 Å². The second-order valence-corrected chi connectivity index (χ2v) is 8.39. The number of hydrogen-bond acceptors (Lipinski definition) is 3. The van der Waals surface area contributed by atoms with Gasteiger partial charge in [-0.3, -0.25) is 4.68 Å². The number of sulfonamides is 1. The lowest BCUT2D eigenvalue weighted by atomic mass is 10.0. The minimum Gasteiger partial charge on any atom is -0.269 e. The van der Waals surface area contributed by atoms with Gasteiger partial charge < -0.3 is 0 Å². The van der Waals surface area contributed by atoms with E-state index in [1.165, 1.54) is 18.3 Å². The van der Waals surface area contributed by atoms with E-state index in [4.69, 9.17) is 0 Å². The van der Waals surface area contributed by atoms with Crippen molar-refractivity contribution in [2.24, 2.45) is 0 Å². The van der Waals surface area contributed by atoms with Gasteiger partial charge in [-0.05, 0) is 50.8 Å². The quantitative estimate of drug-likeness (QED) is 0.832. The van der Waals surface area contributed by atoms with Gasteiger partial charge in [0.25, 0.3) is 0 Å². The van der Waals surface area contributed by atoms with Crippen LogP contribution in [0.25, 0.3) is 0 Å². The van der Waals surface area contributed by atoms with Crippen LogP contribution in [0.3, 0.4) is 0 Å². The van der Waals surface area contributed by atoms with Gasteiger partial charge in [-0.2, -0.15) is 9.40 Å². The van der Waals surface area contributed by atoms with Gasteiger partial charge in [0.1, 0.15) is 10.7 Å². The molecule has 0 aliphatic carbocycles. The van der Waals surface area contributed by atoms with Crippen molar-refractivity contribution in [2.75, 3.05) is 6.54 Å². The zero-order chi connectivity index (χ0) is 17.3. The molecule has 1 aromatic carbocycles. The number of nitrogens with zero attached hydrogens (tertiary/aromatic N) is 3. The molecule has 0 N–H and O–H groups in total. The molecular weight excluding hydrogens is 329 g/mol. The van der Waals surface area contributed by atoms with Gasteiger partial charge in [-0.25, -0.2) is 12.8 Å². The number of benzene rings is 1. The molecule has 0 amide bonds. The van der Waals surface area contributed by atoms with E-state index < -0.39 is 10.0 Å². The minimum atomic E-state index is -3.57. The van der Waals surface area contributed by atoms with Gasteiger partial charge in [0.05, 0.1) is 6.20 Å². The van der Waals surface area contributed by atoms with Crippen LogP contribution in [0.15, 0.2) is 41.6 Å². The molecule has 1 aliphatic rings. The predicted molar refractivity (Wildman–Crippen MR) is 89.6 cm³/mol. The molecule has 1 atom stereocenters. The van der Waals surface area contributed by atoms with E-state index in [1.807, 2.05) is 19.9 Å². The fraction of sp³-hybridized carbons (Fsp3) is 0.471. The zero-order valence-corrected chi connectivity index (χ0v) is 14.7. The molecule has 0 spiro atoms. The maximum Gasteiger partial charge on any atom is 0.246 e. The number of rotatable bonds is 5. The van der Waals surface area contributed by atoms with Crippen LogP contribution in [0.4, 0.5) is 4.39 Å². The van der Waals surface area contributed by atoms with E-state index in [9.17, 15) is 12.8 Å². The average Bonchev–Trinajstić information content (AvgIpc) is 3.16. The number of halogens is 1. The third-order valence-corrected chi connectivity index (χ3v) is 6.30. The number of aromatic nitrogens is 2. The van der Waals surface area contributed by atoms with Crippen LogP contribution in [0.1, 0.15) is 38.3 Å². The van der Waals surface area contributed by atoms with Gasteiger partial charge in [-0.1, -0.05) is 12.1 Å². The lowest BCUT2D eigenvalue weighted by Gasteiger charge is -2.23. The summed E-state index contributed by atoms with van der Waals surface area (Å²) in [5.41, 5.74) is 0.819. The van der Waals surface area contributed by atoms with Gasteiger partial charge in [0.2, 0.25) is 10.0 Å². The molecule has 1 aliphatic heterocycles. The second kappa shape index (κ2) is 6.64. The van der Waals surface area contributed by atoms with Crippen LogP contribution < -0.4 is 0 Å². The van der Waals surface area contributed by atoms with E-state index in [1.54, 1.807) is 21.3 Å². The highest BCUT2D eigenvalue weighted by molar-refractivity contribution is 7.89. The van der Waals surface area contributed by atoms with Crippen molar-refractivity contribution in [1.82, 2.24) is 14.1 Å². The van der Waals surface area contributed by atoms with Gasteiger partial charge in [0.15, 0.2) is 0 Å². The maximum atomic E-state index is 13.4. The molecular formula is C17H22FN3O2S.